The van der Waals surface area contributed by atoms with Crippen molar-refractivity contribution in [2.24, 2.45) is 5.73 Å². The summed E-state index contributed by atoms with van der Waals surface area (Å²) in [5.41, 5.74) is 6.09. The fourth-order valence-electron chi connectivity index (χ4n) is 1.76. The van der Waals surface area contributed by atoms with E-state index in [1.54, 1.807) is 31.2 Å². The van der Waals surface area contributed by atoms with Gasteiger partial charge in [-0.2, -0.15) is 0 Å². The van der Waals surface area contributed by atoms with Crippen molar-refractivity contribution < 1.29 is 8.42 Å². The van der Waals surface area contributed by atoms with Crippen LogP contribution in [0.25, 0.3) is 0 Å². The molecule has 2 rings (SSSR count). The van der Waals surface area contributed by atoms with Crippen LogP contribution >= 0.6 is 23.6 Å². The van der Waals surface area contributed by atoms with E-state index < -0.39 is 10.0 Å². The second-order valence-corrected chi connectivity index (χ2v) is 8.18. The van der Waals surface area contributed by atoms with Gasteiger partial charge in [0, 0.05) is 13.0 Å². The molecule has 0 unspecified atom stereocenters. The number of nitrogens with zero attached hydrogens (tertiary/aromatic N) is 2. The van der Waals surface area contributed by atoms with Gasteiger partial charge in [0.1, 0.15) is 0 Å². The Kier molecular flexibility index (Phi) is 4.92. The molecule has 8 heteroatoms. The van der Waals surface area contributed by atoms with Crippen LogP contribution in [-0.4, -0.2) is 24.9 Å². The van der Waals surface area contributed by atoms with Gasteiger partial charge in [-0.1, -0.05) is 30.4 Å². The number of aryl methyl sites for hydroxylation is 1. The molecule has 2 aromatic rings. The molecule has 0 spiro atoms. The van der Waals surface area contributed by atoms with E-state index in [0.29, 0.717) is 17.1 Å². The molecule has 0 atom stereocenters. The van der Waals surface area contributed by atoms with E-state index >= 15 is 0 Å². The minimum Gasteiger partial charge on any atom is -0.393 e. The number of hydrogen-bond donors (Lipinski definition) is 1. The zero-order chi connectivity index (χ0) is 15.5. The van der Waals surface area contributed by atoms with Gasteiger partial charge in [0.15, 0.2) is 4.21 Å². The van der Waals surface area contributed by atoms with Gasteiger partial charge in [0.05, 0.1) is 21.9 Å². The second-order valence-electron chi connectivity index (χ2n) is 4.33. The predicted octanol–water partition coefficient (Wildman–Crippen LogP) is 2.32. The zero-order valence-electron chi connectivity index (χ0n) is 11.4. The van der Waals surface area contributed by atoms with Gasteiger partial charge >= 0.3 is 0 Å². The molecular weight excluding hydrogens is 326 g/mol. The predicted molar refractivity (Wildman–Crippen MR) is 89.2 cm³/mol. The van der Waals surface area contributed by atoms with Gasteiger partial charge in [-0.25, -0.2) is 13.4 Å². The standard InChI is InChI=1S/C13H15N3O2S3/c1-10-15-9-13(20-10)21(17,18)16(8-7-12(14)19)11-5-3-2-4-6-11/h2-6,9H,7-8H2,1H3,(H2,14,19). The highest BCUT2D eigenvalue weighted by Crippen LogP contribution is 2.27. The van der Waals surface area contributed by atoms with Crippen LogP contribution in [0.3, 0.4) is 0 Å². The minimum atomic E-state index is -3.65. The molecule has 21 heavy (non-hydrogen) atoms. The maximum Gasteiger partial charge on any atom is 0.275 e. The Morgan fingerprint density at radius 1 is 1.38 bits per heavy atom. The Bertz CT molecular complexity index is 726. The molecule has 0 amide bonds. The lowest BCUT2D eigenvalue weighted by Crippen LogP contribution is -2.33. The van der Waals surface area contributed by atoms with Crippen molar-refractivity contribution in [3.8, 4) is 0 Å². The summed E-state index contributed by atoms with van der Waals surface area (Å²) >= 11 is 6.00. The number of benzene rings is 1. The van der Waals surface area contributed by atoms with E-state index in [1.165, 1.54) is 10.5 Å². The maximum absolute atomic E-state index is 12.8. The summed E-state index contributed by atoms with van der Waals surface area (Å²) in [7, 11) is -3.65. The summed E-state index contributed by atoms with van der Waals surface area (Å²) in [6, 6.07) is 8.89. The second kappa shape index (κ2) is 6.50. The van der Waals surface area contributed by atoms with Gasteiger partial charge in [0.25, 0.3) is 10.0 Å². The van der Waals surface area contributed by atoms with Gasteiger partial charge in [-0.15, -0.1) is 11.3 Å². The summed E-state index contributed by atoms with van der Waals surface area (Å²) in [6.45, 7) is 1.98. The Balaban J connectivity index is 2.41. The normalized spacial score (nSPS) is 11.3. The van der Waals surface area contributed by atoms with Crippen LogP contribution in [0.15, 0.2) is 40.7 Å². The quantitative estimate of drug-likeness (QED) is 0.816. The lowest BCUT2D eigenvalue weighted by Gasteiger charge is -2.23. The number of anilines is 1. The molecule has 112 valence electrons. The lowest BCUT2D eigenvalue weighted by atomic mass is 10.3. The third-order valence-electron chi connectivity index (χ3n) is 2.75. The van der Waals surface area contributed by atoms with E-state index in [2.05, 4.69) is 4.98 Å². The molecule has 5 nitrogen and oxygen atoms in total. The van der Waals surface area contributed by atoms with E-state index in [9.17, 15) is 8.42 Å². The fraction of sp³-hybridized carbons (Fsp3) is 0.231. The topological polar surface area (TPSA) is 76.3 Å². The summed E-state index contributed by atoms with van der Waals surface area (Å²) in [5, 5.41) is 0.705. The lowest BCUT2D eigenvalue weighted by molar-refractivity contribution is 0.593. The van der Waals surface area contributed by atoms with E-state index in [4.69, 9.17) is 18.0 Å². The molecule has 1 heterocycles. The largest absolute Gasteiger partial charge is 0.393 e. The first-order valence-electron chi connectivity index (χ1n) is 6.20. The smallest absolute Gasteiger partial charge is 0.275 e. The highest BCUT2D eigenvalue weighted by atomic mass is 32.2. The fourth-order valence-corrected chi connectivity index (χ4v) is 4.54. The third kappa shape index (κ3) is 3.78. The van der Waals surface area contributed by atoms with Crippen LogP contribution in [0.5, 0.6) is 0 Å². The van der Waals surface area contributed by atoms with Gasteiger partial charge < -0.3 is 5.73 Å². The van der Waals surface area contributed by atoms with Gasteiger partial charge in [0.2, 0.25) is 0 Å². The minimum absolute atomic E-state index is 0.207. The van der Waals surface area contributed by atoms with Crippen molar-refractivity contribution in [2.45, 2.75) is 17.6 Å². The van der Waals surface area contributed by atoms with Crippen LogP contribution in [0.2, 0.25) is 0 Å². The molecule has 0 saturated carbocycles. The van der Waals surface area contributed by atoms with Crippen LogP contribution < -0.4 is 10.0 Å². The van der Waals surface area contributed by atoms with Gasteiger partial charge in [-0.05, 0) is 19.1 Å². The van der Waals surface area contributed by atoms with Crippen LogP contribution in [0, 0.1) is 6.92 Å². The van der Waals surface area contributed by atoms with Crippen molar-refractivity contribution in [1.29, 1.82) is 0 Å². The number of para-hydroxylation sites is 1. The van der Waals surface area contributed by atoms with Crippen molar-refractivity contribution >= 4 is 44.3 Å². The summed E-state index contributed by atoms with van der Waals surface area (Å²) in [6.07, 6.45) is 1.70. The number of hydrogen-bond acceptors (Lipinski definition) is 5. The van der Waals surface area contributed by atoms with E-state index in [1.807, 2.05) is 6.07 Å². The Hall–Kier alpha value is -1.51. The molecule has 1 aromatic carbocycles. The monoisotopic (exact) mass is 341 g/mol. The summed E-state index contributed by atoms with van der Waals surface area (Å²) in [5.74, 6) is 0. The number of thiazole rings is 1. The average molecular weight is 341 g/mol. The molecule has 0 aliphatic heterocycles. The SMILES string of the molecule is Cc1ncc(S(=O)(=O)N(CCC(N)=S)c2ccccc2)s1. The summed E-state index contributed by atoms with van der Waals surface area (Å²) in [4.78, 5) is 4.30. The molecule has 1 aromatic heterocycles. The molecule has 0 saturated heterocycles. The Morgan fingerprint density at radius 3 is 2.57 bits per heavy atom. The van der Waals surface area contributed by atoms with Crippen LogP contribution in [0.1, 0.15) is 11.4 Å². The van der Waals surface area contributed by atoms with Crippen molar-refractivity contribution in [3.05, 3.63) is 41.5 Å². The molecule has 0 aliphatic carbocycles. The van der Waals surface area contributed by atoms with Crippen molar-refractivity contribution in [1.82, 2.24) is 4.98 Å². The number of aromatic nitrogens is 1. The maximum atomic E-state index is 12.8. The van der Waals surface area contributed by atoms with E-state index in [0.717, 1.165) is 11.3 Å². The number of thiocarbonyl (C=S) groups is 1. The zero-order valence-corrected chi connectivity index (χ0v) is 13.8. The first-order valence-corrected chi connectivity index (χ1v) is 8.86. The van der Waals surface area contributed by atoms with Crippen molar-refractivity contribution in [2.75, 3.05) is 10.8 Å². The van der Waals surface area contributed by atoms with Crippen LogP contribution in [0.4, 0.5) is 5.69 Å². The first kappa shape index (κ1) is 15.9. The molecular formula is C13H15N3O2S3. The van der Waals surface area contributed by atoms with Crippen LogP contribution in [-0.2, 0) is 10.0 Å². The van der Waals surface area contributed by atoms with E-state index in [-0.39, 0.29) is 15.7 Å². The Labute approximate surface area is 133 Å². The highest BCUT2D eigenvalue weighted by molar-refractivity contribution is 7.94. The molecule has 0 radical (unpaired) electrons. The third-order valence-corrected chi connectivity index (χ3v) is 6.13. The number of sulfonamides is 1. The molecule has 2 N–H and O–H groups in total. The molecule has 0 bridgehead atoms. The highest BCUT2D eigenvalue weighted by Gasteiger charge is 2.26. The number of rotatable bonds is 6. The van der Waals surface area contributed by atoms with Crippen molar-refractivity contribution in [3.63, 3.8) is 0 Å². The molecule has 0 fully saturated rings. The molecule has 0 aliphatic rings. The summed E-state index contributed by atoms with van der Waals surface area (Å²) < 4.78 is 27.1. The average Bonchev–Trinajstić information content (AvgIpc) is 2.87. The first-order chi connectivity index (χ1) is 9.91. The Morgan fingerprint density at radius 2 is 2.05 bits per heavy atom. The van der Waals surface area contributed by atoms with Gasteiger partial charge in [-0.3, -0.25) is 4.31 Å². The number of nitrogens with two attached hydrogens (primary N) is 1.